The van der Waals surface area contributed by atoms with Crippen molar-refractivity contribution in [1.29, 1.82) is 0 Å². The number of hydrogen-bond acceptors (Lipinski definition) is 5. The summed E-state index contributed by atoms with van der Waals surface area (Å²) >= 11 is 0. The van der Waals surface area contributed by atoms with Gasteiger partial charge in [0.05, 0.1) is 24.2 Å². The predicted molar refractivity (Wildman–Crippen MR) is 108 cm³/mol. The van der Waals surface area contributed by atoms with Crippen LogP contribution in [0, 0.1) is 6.92 Å². The minimum atomic E-state index is -4.56. The molecule has 1 amide bonds. The van der Waals surface area contributed by atoms with E-state index in [1.54, 1.807) is 0 Å². The molecule has 166 valence electrons. The van der Waals surface area contributed by atoms with Crippen molar-refractivity contribution >= 4 is 22.9 Å². The number of nitrogens with one attached hydrogen (secondary N) is 1. The standard InChI is InChI=1S/C20H23F3N6O2/c1-14-12-17(20(21,22)23)26-29(14)13-18(30)25-19-24-15-4-2-3-5-16(15)28(19)7-6-27-8-10-31-11-9-27/h2-5,12H,6-11,13H2,1H3,(H,24,25,30). The van der Waals surface area contributed by atoms with Gasteiger partial charge >= 0.3 is 6.18 Å². The molecular weight excluding hydrogens is 413 g/mol. The average Bonchev–Trinajstić information content (AvgIpc) is 3.27. The van der Waals surface area contributed by atoms with Gasteiger partial charge in [0.25, 0.3) is 0 Å². The van der Waals surface area contributed by atoms with Gasteiger partial charge < -0.3 is 9.30 Å². The zero-order valence-corrected chi connectivity index (χ0v) is 17.0. The van der Waals surface area contributed by atoms with Gasteiger partial charge in [-0.15, -0.1) is 0 Å². The van der Waals surface area contributed by atoms with Gasteiger partial charge in [-0.25, -0.2) is 4.98 Å². The topological polar surface area (TPSA) is 77.2 Å². The van der Waals surface area contributed by atoms with Gasteiger partial charge in [0.2, 0.25) is 11.9 Å². The summed E-state index contributed by atoms with van der Waals surface area (Å²) in [6, 6.07) is 8.45. The summed E-state index contributed by atoms with van der Waals surface area (Å²) in [6.45, 7) is 5.58. The van der Waals surface area contributed by atoms with Crippen LogP contribution in [0.4, 0.5) is 19.1 Å². The van der Waals surface area contributed by atoms with Gasteiger partial charge in [-0.3, -0.25) is 19.7 Å². The lowest BCUT2D eigenvalue weighted by molar-refractivity contribution is -0.141. The zero-order chi connectivity index (χ0) is 22.0. The minimum absolute atomic E-state index is 0.253. The molecular formula is C20H23F3N6O2. The fourth-order valence-corrected chi connectivity index (χ4v) is 3.57. The van der Waals surface area contributed by atoms with Crippen molar-refractivity contribution in [3.05, 3.63) is 41.7 Å². The predicted octanol–water partition coefficient (Wildman–Crippen LogP) is 2.53. The van der Waals surface area contributed by atoms with E-state index in [1.807, 2.05) is 28.8 Å². The summed E-state index contributed by atoms with van der Waals surface area (Å²) in [4.78, 5) is 19.4. The summed E-state index contributed by atoms with van der Waals surface area (Å²) < 4.78 is 47.0. The molecule has 0 aliphatic carbocycles. The van der Waals surface area contributed by atoms with Crippen molar-refractivity contribution in [3.63, 3.8) is 0 Å². The molecule has 1 aliphatic heterocycles. The van der Waals surface area contributed by atoms with Crippen LogP contribution >= 0.6 is 0 Å². The lowest BCUT2D eigenvalue weighted by atomic mass is 10.3. The Bertz CT molecular complexity index is 1070. The number of fused-ring (bicyclic) bond motifs is 1. The van der Waals surface area contributed by atoms with E-state index in [0.717, 1.165) is 41.4 Å². The van der Waals surface area contributed by atoms with Gasteiger partial charge in [-0.1, -0.05) is 12.1 Å². The molecule has 0 saturated carbocycles. The van der Waals surface area contributed by atoms with E-state index in [9.17, 15) is 18.0 Å². The molecule has 31 heavy (non-hydrogen) atoms. The van der Waals surface area contributed by atoms with Crippen LogP contribution < -0.4 is 5.32 Å². The maximum atomic E-state index is 12.9. The number of anilines is 1. The Hall–Kier alpha value is -2.92. The number of para-hydroxylation sites is 2. The molecule has 0 bridgehead atoms. The van der Waals surface area contributed by atoms with Crippen LogP contribution in [-0.4, -0.2) is 63.0 Å². The van der Waals surface area contributed by atoms with E-state index < -0.39 is 17.8 Å². The molecule has 0 spiro atoms. The third kappa shape index (κ3) is 4.88. The number of aryl methyl sites for hydroxylation is 1. The molecule has 2 aromatic heterocycles. The van der Waals surface area contributed by atoms with Crippen LogP contribution in [-0.2, 0) is 28.8 Å². The molecule has 1 aromatic carbocycles. The molecule has 1 aliphatic rings. The lowest BCUT2D eigenvalue weighted by Crippen LogP contribution is -2.38. The van der Waals surface area contributed by atoms with Crippen molar-refractivity contribution in [1.82, 2.24) is 24.2 Å². The smallest absolute Gasteiger partial charge is 0.379 e. The quantitative estimate of drug-likeness (QED) is 0.643. The highest BCUT2D eigenvalue weighted by atomic mass is 19.4. The number of halogens is 3. The summed E-state index contributed by atoms with van der Waals surface area (Å²) in [5, 5.41) is 6.25. The Morgan fingerprint density at radius 2 is 1.94 bits per heavy atom. The number of carbonyl (C=O) groups is 1. The van der Waals surface area contributed by atoms with Crippen molar-refractivity contribution in [2.24, 2.45) is 0 Å². The molecule has 1 N–H and O–H groups in total. The first kappa shape index (κ1) is 21.3. The van der Waals surface area contributed by atoms with Gasteiger partial charge in [0.15, 0.2) is 5.69 Å². The van der Waals surface area contributed by atoms with Crippen LogP contribution in [0.3, 0.4) is 0 Å². The third-order valence-corrected chi connectivity index (χ3v) is 5.21. The Balaban J connectivity index is 1.51. The molecule has 11 heteroatoms. The van der Waals surface area contributed by atoms with Gasteiger partial charge in [-0.2, -0.15) is 18.3 Å². The SMILES string of the molecule is Cc1cc(C(F)(F)F)nn1CC(=O)Nc1nc2ccccc2n1CCN1CCOCC1. The molecule has 0 unspecified atom stereocenters. The molecule has 1 saturated heterocycles. The van der Waals surface area contributed by atoms with Crippen molar-refractivity contribution in [3.8, 4) is 0 Å². The number of carbonyl (C=O) groups excluding carboxylic acids is 1. The maximum Gasteiger partial charge on any atom is 0.435 e. The number of imidazole rings is 1. The Kier molecular flexibility index (Phi) is 5.96. The van der Waals surface area contributed by atoms with Crippen LogP contribution in [0.5, 0.6) is 0 Å². The minimum Gasteiger partial charge on any atom is -0.379 e. The van der Waals surface area contributed by atoms with E-state index in [1.165, 1.54) is 6.92 Å². The number of morpholine rings is 1. The van der Waals surface area contributed by atoms with E-state index in [0.29, 0.717) is 25.7 Å². The highest BCUT2D eigenvalue weighted by molar-refractivity contribution is 5.91. The second-order valence-corrected chi connectivity index (χ2v) is 7.40. The highest BCUT2D eigenvalue weighted by Gasteiger charge is 2.34. The summed E-state index contributed by atoms with van der Waals surface area (Å²) in [7, 11) is 0. The fourth-order valence-electron chi connectivity index (χ4n) is 3.57. The van der Waals surface area contributed by atoms with E-state index in [-0.39, 0.29) is 12.2 Å². The number of amides is 1. The molecule has 0 radical (unpaired) electrons. The van der Waals surface area contributed by atoms with E-state index >= 15 is 0 Å². The van der Waals surface area contributed by atoms with E-state index in [2.05, 4.69) is 20.3 Å². The number of aromatic nitrogens is 4. The third-order valence-electron chi connectivity index (χ3n) is 5.21. The van der Waals surface area contributed by atoms with Gasteiger partial charge in [0.1, 0.15) is 6.54 Å². The van der Waals surface area contributed by atoms with Crippen molar-refractivity contribution in [2.75, 3.05) is 38.2 Å². The summed E-state index contributed by atoms with van der Waals surface area (Å²) in [5.74, 6) is -0.136. The van der Waals surface area contributed by atoms with Crippen LogP contribution in [0.1, 0.15) is 11.4 Å². The van der Waals surface area contributed by atoms with Crippen LogP contribution in [0.15, 0.2) is 30.3 Å². The molecule has 3 heterocycles. The zero-order valence-electron chi connectivity index (χ0n) is 17.0. The van der Waals surface area contributed by atoms with Gasteiger partial charge in [-0.05, 0) is 25.1 Å². The molecule has 0 atom stereocenters. The lowest BCUT2D eigenvalue weighted by Gasteiger charge is -2.26. The van der Waals surface area contributed by atoms with Crippen LogP contribution in [0.25, 0.3) is 11.0 Å². The number of benzene rings is 1. The largest absolute Gasteiger partial charge is 0.435 e. The molecule has 8 nitrogen and oxygen atoms in total. The van der Waals surface area contributed by atoms with E-state index in [4.69, 9.17) is 4.74 Å². The maximum absolute atomic E-state index is 12.9. The first-order chi connectivity index (χ1) is 14.8. The van der Waals surface area contributed by atoms with Gasteiger partial charge in [0, 0.05) is 31.9 Å². The summed E-state index contributed by atoms with van der Waals surface area (Å²) in [6.07, 6.45) is -4.56. The van der Waals surface area contributed by atoms with Crippen LogP contribution in [0.2, 0.25) is 0 Å². The number of hydrogen-bond donors (Lipinski definition) is 1. The second-order valence-electron chi connectivity index (χ2n) is 7.40. The molecule has 3 aromatic rings. The average molecular weight is 436 g/mol. The number of rotatable bonds is 6. The van der Waals surface area contributed by atoms with Crippen molar-refractivity contribution < 1.29 is 22.7 Å². The first-order valence-corrected chi connectivity index (χ1v) is 9.98. The fraction of sp³-hybridized carbons (Fsp3) is 0.450. The monoisotopic (exact) mass is 436 g/mol. The Morgan fingerprint density at radius 3 is 2.65 bits per heavy atom. The molecule has 1 fully saturated rings. The number of ether oxygens (including phenoxy) is 1. The second kappa shape index (κ2) is 8.67. The van der Waals surface area contributed by atoms with Crippen molar-refractivity contribution in [2.45, 2.75) is 26.2 Å². The normalized spacial score (nSPS) is 15.5. The highest BCUT2D eigenvalue weighted by Crippen LogP contribution is 2.28. The molecule has 4 rings (SSSR count). The number of alkyl halides is 3. The number of nitrogens with zero attached hydrogens (tertiary/aromatic N) is 5. The Labute approximate surface area is 176 Å². The summed E-state index contributed by atoms with van der Waals surface area (Å²) in [5.41, 5.74) is 0.842. The first-order valence-electron chi connectivity index (χ1n) is 9.98. The Morgan fingerprint density at radius 1 is 1.19 bits per heavy atom.